The fraction of sp³-hybridized carbons (Fsp3) is 0.929. The largest absolute Gasteiger partial charge is 0.379 e. The van der Waals surface area contributed by atoms with Gasteiger partial charge in [0.15, 0.2) is 0 Å². The Kier molecular flexibility index (Phi) is 4.68. The molecule has 2 N–H and O–H groups in total. The Morgan fingerprint density at radius 1 is 1.42 bits per heavy atom. The summed E-state index contributed by atoms with van der Waals surface area (Å²) in [6.07, 6.45) is 4.38. The second-order valence-corrected chi connectivity index (χ2v) is 6.29. The van der Waals surface area contributed by atoms with Crippen molar-refractivity contribution in [2.75, 3.05) is 13.2 Å². The van der Waals surface area contributed by atoms with Crippen LogP contribution in [0.25, 0.3) is 0 Å². The molecule has 2 rings (SSSR count). The van der Waals surface area contributed by atoms with E-state index in [1.807, 2.05) is 20.8 Å². The summed E-state index contributed by atoms with van der Waals surface area (Å²) in [5.74, 6) is 0. The van der Waals surface area contributed by atoms with Crippen molar-refractivity contribution in [3.63, 3.8) is 0 Å². The number of carbonyl (C=O) groups excluding carboxylic acids is 1. The van der Waals surface area contributed by atoms with E-state index in [1.54, 1.807) is 0 Å². The van der Waals surface area contributed by atoms with Crippen LogP contribution in [0.3, 0.4) is 0 Å². The molecule has 1 aliphatic carbocycles. The Morgan fingerprint density at radius 2 is 2.16 bits per heavy atom. The Bertz CT molecular complexity index is 308. The number of hydrogen-bond acceptors (Lipinski definition) is 3. The molecule has 1 saturated carbocycles. The highest BCUT2D eigenvalue weighted by molar-refractivity contribution is 5.75. The van der Waals surface area contributed by atoms with Gasteiger partial charge in [-0.15, -0.1) is 0 Å². The normalized spacial score (nSPS) is 34.7. The summed E-state index contributed by atoms with van der Waals surface area (Å²) in [5.41, 5.74) is -0.222. The number of hydrogen-bond donors (Lipinski definition) is 2. The van der Waals surface area contributed by atoms with Gasteiger partial charge in [-0.25, -0.2) is 4.79 Å². The Balaban J connectivity index is 1.65. The zero-order chi connectivity index (χ0) is 13.9. The molecule has 2 fully saturated rings. The van der Waals surface area contributed by atoms with Gasteiger partial charge in [0.1, 0.15) is 0 Å². The van der Waals surface area contributed by atoms with Crippen molar-refractivity contribution in [2.24, 2.45) is 0 Å². The molecule has 0 spiro atoms. The molecule has 0 radical (unpaired) electrons. The fourth-order valence-electron chi connectivity index (χ4n) is 2.71. The minimum atomic E-state index is -0.222. The van der Waals surface area contributed by atoms with Crippen LogP contribution in [-0.2, 0) is 9.47 Å². The maximum Gasteiger partial charge on any atom is 0.315 e. The maximum atomic E-state index is 11.9. The van der Waals surface area contributed by atoms with Crippen molar-refractivity contribution in [3.05, 3.63) is 0 Å². The molecular weight excluding hydrogens is 244 g/mol. The second-order valence-electron chi connectivity index (χ2n) is 6.29. The summed E-state index contributed by atoms with van der Waals surface area (Å²) < 4.78 is 11.1. The van der Waals surface area contributed by atoms with Gasteiger partial charge in [0.25, 0.3) is 0 Å². The molecule has 1 heterocycles. The van der Waals surface area contributed by atoms with E-state index < -0.39 is 0 Å². The molecule has 2 aliphatic rings. The molecular formula is C14H26N2O3. The van der Waals surface area contributed by atoms with Gasteiger partial charge in [-0.05, 0) is 46.5 Å². The monoisotopic (exact) mass is 270 g/mol. The van der Waals surface area contributed by atoms with E-state index in [0.29, 0.717) is 12.7 Å². The molecule has 110 valence electrons. The number of rotatable bonds is 4. The van der Waals surface area contributed by atoms with Crippen molar-refractivity contribution in [3.8, 4) is 0 Å². The van der Waals surface area contributed by atoms with Crippen LogP contribution in [0, 0.1) is 0 Å². The second kappa shape index (κ2) is 6.09. The van der Waals surface area contributed by atoms with Crippen molar-refractivity contribution in [2.45, 2.75) is 70.2 Å². The van der Waals surface area contributed by atoms with Gasteiger partial charge in [-0.3, -0.25) is 0 Å². The van der Waals surface area contributed by atoms with Gasteiger partial charge in [0.05, 0.1) is 24.4 Å². The highest BCUT2D eigenvalue weighted by Crippen LogP contribution is 2.25. The van der Waals surface area contributed by atoms with Crippen LogP contribution in [0.15, 0.2) is 0 Å². The average molecular weight is 270 g/mol. The highest BCUT2D eigenvalue weighted by Gasteiger charge is 2.34. The number of carbonyl (C=O) groups is 1. The molecule has 0 aromatic carbocycles. The summed E-state index contributed by atoms with van der Waals surface area (Å²) in [4.78, 5) is 11.9. The van der Waals surface area contributed by atoms with E-state index in [4.69, 9.17) is 9.47 Å². The van der Waals surface area contributed by atoms with E-state index >= 15 is 0 Å². The lowest BCUT2D eigenvalue weighted by atomic mass is 9.89. The van der Waals surface area contributed by atoms with E-state index in [1.165, 1.54) is 0 Å². The van der Waals surface area contributed by atoms with Gasteiger partial charge < -0.3 is 20.1 Å². The third-order valence-electron chi connectivity index (χ3n) is 3.75. The third-order valence-corrected chi connectivity index (χ3v) is 3.75. The van der Waals surface area contributed by atoms with Crippen LogP contribution in [0.4, 0.5) is 4.79 Å². The Hall–Kier alpha value is -0.810. The number of urea groups is 1. The molecule has 1 unspecified atom stereocenters. The lowest BCUT2D eigenvalue weighted by Gasteiger charge is -2.39. The first kappa shape index (κ1) is 14.6. The van der Waals surface area contributed by atoms with Crippen LogP contribution in [0.2, 0.25) is 0 Å². The van der Waals surface area contributed by atoms with Gasteiger partial charge in [0.2, 0.25) is 0 Å². The van der Waals surface area contributed by atoms with Crippen LogP contribution in [-0.4, -0.2) is 43.0 Å². The minimum absolute atomic E-state index is 0.0824. The predicted molar refractivity (Wildman–Crippen MR) is 73.2 cm³/mol. The Morgan fingerprint density at radius 3 is 2.74 bits per heavy atom. The van der Waals surface area contributed by atoms with E-state index in [9.17, 15) is 4.79 Å². The first-order valence-electron chi connectivity index (χ1n) is 7.29. The van der Waals surface area contributed by atoms with E-state index in [0.717, 1.165) is 32.3 Å². The third kappa shape index (κ3) is 4.35. The van der Waals surface area contributed by atoms with Gasteiger partial charge in [0, 0.05) is 12.6 Å². The molecule has 2 amide bonds. The summed E-state index contributed by atoms with van der Waals surface area (Å²) in [5, 5.41) is 6.04. The Labute approximate surface area is 115 Å². The summed E-state index contributed by atoms with van der Waals surface area (Å²) in [6, 6.07) is 0.165. The van der Waals surface area contributed by atoms with Crippen LogP contribution in [0.5, 0.6) is 0 Å². The molecule has 19 heavy (non-hydrogen) atoms. The summed E-state index contributed by atoms with van der Waals surface area (Å²) in [6.45, 7) is 7.52. The van der Waals surface area contributed by atoms with Crippen LogP contribution < -0.4 is 10.6 Å². The van der Waals surface area contributed by atoms with Gasteiger partial charge in [-0.2, -0.15) is 0 Å². The SMILES string of the molecule is CC(C)OC1CC(NC(=O)NC2(C)CCCOC2)C1. The molecule has 1 atom stereocenters. The first-order valence-corrected chi connectivity index (χ1v) is 7.29. The predicted octanol–water partition coefficient (Wildman–Crippen LogP) is 1.81. The highest BCUT2D eigenvalue weighted by atomic mass is 16.5. The zero-order valence-electron chi connectivity index (χ0n) is 12.2. The topological polar surface area (TPSA) is 59.6 Å². The zero-order valence-corrected chi connectivity index (χ0v) is 12.2. The molecule has 5 heteroatoms. The lowest BCUT2D eigenvalue weighted by Crippen LogP contribution is -2.58. The molecule has 1 aliphatic heterocycles. The smallest absolute Gasteiger partial charge is 0.315 e. The standard InChI is InChI=1S/C14H26N2O3/c1-10(2)19-12-7-11(8-12)15-13(17)16-14(3)5-4-6-18-9-14/h10-12H,4-9H2,1-3H3,(H2,15,16,17). The van der Waals surface area contributed by atoms with Crippen molar-refractivity contribution < 1.29 is 14.3 Å². The summed E-state index contributed by atoms with van der Waals surface area (Å²) >= 11 is 0. The number of nitrogens with one attached hydrogen (secondary N) is 2. The molecule has 0 bridgehead atoms. The summed E-state index contributed by atoms with van der Waals surface area (Å²) in [7, 11) is 0. The quantitative estimate of drug-likeness (QED) is 0.819. The lowest BCUT2D eigenvalue weighted by molar-refractivity contribution is -0.0478. The average Bonchev–Trinajstić information content (AvgIpc) is 2.25. The molecule has 0 aromatic heterocycles. The minimum Gasteiger partial charge on any atom is -0.379 e. The maximum absolute atomic E-state index is 11.9. The number of amides is 2. The van der Waals surface area contributed by atoms with Crippen molar-refractivity contribution >= 4 is 6.03 Å². The fourth-order valence-corrected chi connectivity index (χ4v) is 2.71. The van der Waals surface area contributed by atoms with Crippen LogP contribution >= 0.6 is 0 Å². The van der Waals surface area contributed by atoms with E-state index in [2.05, 4.69) is 10.6 Å². The van der Waals surface area contributed by atoms with Crippen molar-refractivity contribution in [1.82, 2.24) is 10.6 Å². The molecule has 0 aromatic rings. The van der Waals surface area contributed by atoms with Crippen molar-refractivity contribution in [1.29, 1.82) is 0 Å². The number of ether oxygens (including phenoxy) is 2. The molecule has 1 saturated heterocycles. The van der Waals surface area contributed by atoms with Gasteiger partial charge >= 0.3 is 6.03 Å². The first-order chi connectivity index (χ1) is 8.97. The van der Waals surface area contributed by atoms with Gasteiger partial charge in [-0.1, -0.05) is 0 Å². The molecule has 5 nitrogen and oxygen atoms in total. The van der Waals surface area contributed by atoms with E-state index in [-0.39, 0.29) is 23.7 Å². The van der Waals surface area contributed by atoms with Crippen LogP contribution in [0.1, 0.15) is 46.5 Å².